The molecular formula is C61H106O6. The quantitative estimate of drug-likeness (QED) is 0.0262. The molecule has 0 aromatic carbocycles. The third kappa shape index (κ3) is 53.7. The summed E-state index contributed by atoms with van der Waals surface area (Å²) in [5.41, 5.74) is 0. The fraction of sp³-hybridized carbons (Fsp3) is 0.754. The third-order valence-electron chi connectivity index (χ3n) is 12.2. The first-order chi connectivity index (χ1) is 33.0. The van der Waals surface area contributed by atoms with Gasteiger partial charge in [-0.25, -0.2) is 0 Å². The van der Waals surface area contributed by atoms with E-state index < -0.39 is 6.10 Å². The van der Waals surface area contributed by atoms with Crippen molar-refractivity contribution in [3.05, 3.63) is 72.9 Å². The van der Waals surface area contributed by atoms with E-state index >= 15 is 0 Å². The van der Waals surface area contributed by atoms with Crippen molar-refractivity contribution >= 4 is 17.9 Å². The molecule has 0 heterocycles. The van der Waals surface area contributed by atoms with Gasteiger partial charge in [0.15, 0.2) is 6.10 Å². The second-order valence-electron chi connectivity index (χ2n) is 18.8. The van der Waals surface area contributed by atoms with E-state index in [1.54, 1.807) is 0 Å². The van der Waals surface area contributed by atoms with Crippen LogP contribution in [0.2, 0.25) is 0 Å². The topological polar surface area (TPSA) is 78.9 Å². The second-order valence-corrected chi connectivity index (χ2v) is 18.8. The molecule has 0 spiro atoms. The summed E-state index contributed by atoms with van der Waals surface area (Å²) in [6.45, 7) is 6.57. The van der Waals surface area contributed by atoms with Crippen LogP contribution < -0.4 is 0 Å². The molecule has 0 aliphatic rings. The summed E-state index contributed by atoms with van der Waals surface area (Å²) in [4.78, 5) is 38.1. The summed E-state index contributed by atoms with van der Waals surface area (Å²) in [5.74, 6) is -0.923. The average Bonchev–Trinajstić information content (AvgIpc) is 3.33. The summed E-state index contributed by atoms with van der Waals surface area (Å²) in [6, 6.07) is 0. The number of ether oxygens (including phenoxy) is 3. The number of allylic oxidation sites excluding steroid dienone is 12. The smallest absolute Gasteiger partial charge is 0.306 e. The molecule has 6 nitrogen and oxygen atoms in total. The van der Waals surface area contributed by atoms with Gasteiger partial charge in [0.1, 0.15) is 13.2 Å². The Morgan fingerprint density at radius 2 is 0.537 bits per heavy atom. The maximum atomic E-state index is 12.8. The molecule has 0 amide bonds. The zero-order valence-corrected chi connectivity index (χ0v) is 44.2. The van der Waals surface area contributed by atoms with Gasteiger partial charge in [-0.1, -0.05) is 216 Å². The molecule has 0 radical (unpaired) electrons. The van der Waals surface area contributed by atoms with E-state index in [0.29, 0.717) is 19.3 Å². The first-order valence-corrected chi connectivity index (χ1v) is 28.4. The fourth-order valence-electron chi connectivity index (χ4n) is 7.83. The second kappa shape index (κ2) is 55.4. The van der Waals surface area contributed by atoms with Crippen LogP contribution in [-0.2, 0) is 28.6 Å². The molecule has 0 unspecified atom stereocenters. The number of esters is 3. The predicted molar refractivity (Wildman–Crippen MR) is 288 cm³/mol. The van der Waals surface area contributed by atoms with Gasteiger partial charge in [0.05, 0.1) is 0 Å². The number of carbonyl (C=O) groups excluding carboxylic acids is 3. The van der Waals surface area contributed by atoms with E-state index in [0.717, 1.165) is 83.5 Å². The third-order valence-corrected chi connectivity index (χ3v) is 12.2. The lowest BCUT2D eigenvalue weighted by atomic mass is 10.1. The van der Waals surface area contributed by atoms with Crippen molar-refractivity contribution in [2.24, 2.45) is 0 Å². The molecule has 386 valence electrons. The molecule has 0 saturated heterocycles. The summed E-state index contributed by atoms with van der Waals surface area (Å²) in [5, 5.41) is 0. The van der Waals surface area contributed by atoms with Gasteiger partial charge in [-0.3, -0.25) is 14.4 Å². The molecule has 1 atom stereocenters. The number of hydrogen-bond donors (Lipinski definition) is 0. The van der Waals surface area contributed by atoms with Crippen LogP contribution in [0.25, 0.3) is 0 Å². The molecule has 0 rings (SSSR count). The van der Waals surface area contributed by atoms with E-state index in [4.69, 9.17) is 14.2 Å². The molecule has 0 bridgehead atoms. The molecule has 0 aliphatic heterocycles. The van der Waals surface area contributed by atoms with Crippen LogP contribution in [0.3, 0.4) is 0 Å². The molecular weight excluding hydrogens is 829 g/mol. The molecule has 0 N–H and O–H groups in total. The minimum atomic E-state index is -0.792. The van der Waals surface area contributed by atoms with Crippen LogP contribution in [0.1, 0.15) is 278 Å². The highest BCUT2D eigenvalue weighted by atomic mass is 16.6. The first kappa shape index (κ1) is 63.8. The van der Waals surface area contributed by atoms with Gasteiger partial charge in [0.25, 0.3) is 0 Å². The van der Waals surface area contributed by atoms with Crippen molar-refractivity contribution in [2.75, 3.05) is 13.2 Å². The Kier molecular flexibility index (Phi) is 52.8. The van der Waals surface area contributed by atoms with Crippen molar-refractivity contribution in [2.45, 2.75) is 284 Å². The van der Waals surface area contributed by atoms with Gasteiger partial charge in [-0.15, -0.1) is 0 Å². The van der Waals surface area contributed by atoms with Crippen LogP contribution in [0.15, 0.2) is 72.9 Å². The molecule has 67 heavy (non-hydrogen) atoms. The molecule has 0 fully saturated rings. The Hall–Kier alpha value is -3.15. The van der Waals surface area contributed by atoms with Crippen LogP contribution in [0.5, 0.6) is 0 Å². The van der Waals surface area contributed by atoms with Gasteiger partial charge >= 0.3 is 17.9 Å². The highest BCUT2D eigenvalue weighted by molar-refractivity contribution is 5.71. The van der Waals surface area contributed by atoms with Crippen molar-refractivity contribution in [1.29, 1.82) is 0 Å². The Bertz CT molecular complexity index is 1260. The van der Waals surface area contributed by atoms with E-state index in [9.17, 15) is 14.4 Å². The largest absolute Gasteiger partial charge is 0.462 e. The minimum Gasteiger partial charge on any atom is -0.462 e. The summed E-state index contributed by atoms with van der Waals surface area (Å²) < 4.78 is 16.8. The standard InChI is InChI=1S/C61H106O6/c1-4-7-10-13-16-19-22-25-28-29-30-31-34-36-39-42-45-48-51-54-60(63)66-57-58(67-61(64)55-52-49-46-43-40-37-33-27-24-21-18-15-12-9-6-3)56-65-59(62)53-50-47-44-41-38-35-32-26-23-20-17-14-11-8-5-2/h16,19-21,23-25,28,30-31,36,39,58H,4-15,17-18,22,26-27,29,32-35,37-38,40-57H2,1-3H3/b19-16+,23-20+,24-21+,28-25+,31-30+,39-36+/t58-/m1/s1. The molecule has 0 saturated carbocycles. The molecule has 0 aromatic rings. The zero-order chi connectivity index (χ0) is 48.6. The Morgan fingerprint density at radius 1 is 0.299 bits per heavy atom. The van der Waals surface area contributed by atoms with E-state index in [1.165, 1.54) is 154 Å². The Balaban J connectivity index is 4.44. The molecule has 0 aromatic heterocycles. The Labute approximate surface area is 414 Å². The lowest BCUT2D eigenvalue weighted by Gasteiger charge is -2.18. The van der Waals surface area contributed by atoms with Crippen LogP contribution in [-0.4, -0.2) is 37.2 Å². The van der Waals surface area contributed by atoms with Crippen LogP contribution in [0, 0.1) is 0 Å². The van der Waals surface area contributed by atoms with Crippen LogP contribution >= 0.6 is 0 Å². The van der Waals surface area contributed by atoms with Gasteiger partial charge in [-0.05, 0) is 116 Å². The number of unbranched alkanes of at least 4 members (excludes halogenated alkanes) is 28. The summed E-state index contributed by atoms with van der Waals surface area (Å²) in [7, 11) is 0. The lowest BCUT2D eigenvalue weighted by Crippen LogP contribution is -2.30. The number of hydrogen-bond acceptors (Lipinski definition) is 6. The van der Waals surface area contributed by atoms with Crippen LogP contribution in [0.4, 0.5) is 0 Å². The summed E-state index contributed by atoms with van der Waals surface area (Å²) >= 11 is 0. The highest BCUT2D eigenvalue weighted by Gasteiger charge is 2.19. The van der Waals surface area contributed by atoms with Crippen molar-refractivity contribution in [1.82, 2.24) is 0 Å². The van der Waals surface area contributed by atoms with E-state index in [1.807, 2.05) is 0 Å². The SMILES string of the molecule is CCCCC/C=C/C/C=C/C/C=C/C/C=C/CCCCCC(=O)OC[C@@H](COC(=O)CCCCCCCCC/C=C/CCCCCC)OC(=O)CCCCCCCCC/C=C/CCCCCC. The van der Waals surface area contributed by atoms with E-state index in [2.05, 4.69) is 93.7 Å². The van der Waals surface area contributed by atoms with Gasteiger partial charge in [0, 0.05) is 19.3 Å². The molecule has 6 heteroatoms. The zero-order valence-electron chi connectivity index (χ0n) is 44.2. The predicted octanol–water partition coefficient (Wildman–Crippen LogP) is 19.0. The van der Waals surface area contributed by atoms with Gasteiger partial charge in [-0.2, -0.15) is 0 Å². The maximum absolute atomic E-state index is 12.8. The van der Waals surface area contributed by atoms with Gasteiger partial charge < -0.3 is 14.2 Å². The van der Waals surface area contributed by atoms with E-state index in [-0.39, 0.29) is 31.1 Å². The molecule has 0 aliphatic carbocycles. The summed E-state index contributed by atoms with van der Waals surface area (Å²) in [6.07, 6.45) is 70.2. The Morgan fingerprint density at radius 3 is 0.896 bits per heavy atom. The monoisotopic (exact) mass is 935 g/mol. The lowest BCUT2D eigenvalue weighted by molar-refractivity contribution is -0.167. The van der Waals surface area contributed by atoms with Crippen molar-refractivity contribution in [3.8, 4) is 0 Å². The highest BCUT2D eigenvalue weighted by Crippen LogP contribution is 2.14. The minimum absolute atomic E-state index is 0.0891. The fourth-order valence-corrected chi connectivity index (χ4v) is 7.83. The normalized spacial score (nSPS) is 12.6. The maximum Gasteiger partial charge on any atom is 0.306 e. The first-order valence-electron chi connectivity index (χ1n) is 28.4. The number of carbonyl (C=O) groups is 3. The van der Waals surface area contributed by atoms with Crippen molar-refractivity contribution in [3.63, 3.8) is 0 Å². The number of rotatable bonds is 51. The van der Waals surface area contributed by atoms with Crippen molar-refractivity contribution < 1.29 is 28.6 Å². The van der Waals surface area contributed by atoms with Gasteiger partial charge in [0.2, 0.25) is 0 Å². The average molecular weight is 936 g/mol.